The Morgan fingerprint density at radius 1 is 1.50 bits per heavy atom. The molecule has 2 aromatic rings. The number of amides is 1. The van der Waals surface area contributed by atoms with Gasteiger partial charge in [-0.1, -0.05) is 18.3 Å². The topological polar surface area (TPSA) is 60.1 Å². The summed E-state index contributed by atoms with van der Waals surface area (Å²) >= 11 is 1.73. The lowest BCUT2D eigenvalue weighted by molar-refractivity contribution is -0.138. The smallest absolute Gasteiger partial charge is 0.265 e. The third-order valence-corrected chi connectivity index (χ3v) is 4.39. The highest BCUT2D eigenvalue weighted by molar-refractivity contribution is 7.99. The highest BCUT2D eigenvalue weighted by Gasteiger charge is 2.35. The molecule has 2 heterocycles. The second kappa shape index (κ2) is 6.61. The molecule has 0 N–H and O–H groups in total. The van der Waals surface area contributed by atoms with Gasteiger partial charge in [0.2, 0.25) is 9.81 Å². The van der Waals surface area contributed by atoms with Crippen LogP contribution in [0.2, 0.25) is 0 Å². The highest BCUT2D eigenvalue weighted by atomic mass is 32.2. The van der Waals surface area contributed by atoms with Crippen LogP contribution in [0.3, 0.4) is 0 Å². The van der Waals surface area contributed by atoms with Crippen molar-refractivity contribution in [2.45, 2.75) is 18.0 Å². The van der Waals surface area contributed by atoms with Crippen LogP contribution < -0.4 is 4.80 Å². The molecule has 0 atom stereocenters. The van der Waals surface area contributed by atoms with Crippen LogP contribution in [0.5, 0.6) is 0 Å². The molecule has 0 fully saturated rings. The van der Waals surface area contributed by atoms with Crippen LogP contribution in [-0.4, -0.2) is 26.4 Å². The summed E-state index contributed by atoms with van der Waals surface area (Å²) in [6, 6.07) is 3.40. The molecule has 22 heavy (non-hydrogen) atoms. The van der Waals surface area contributed by atoms with E-state index in [0.29, 0.717) is 16.2 Å². The number of pyridine rings is 1. The van der Waals surface area contributed by atoms with Crippen molar-refractivity contribution in [2.24, 2.45) is 12.0 Å². The highest BCUT2D eigenvalue weighted by Crippen LogP contribution is 2.29. The minimum absolute atomic E-state index is 0.122. The zero-order valence-electron chi connectivity index (χ0n) is 11.6. The molecule has 0 aliphatic rings. The van der Waals surface area contributed by atoms with Crippen molar-refractivity contribution in [3.8, 4) is 0 Å². The average Bonchev–Trinajstić information content (AvgIpc) is 2.81. The Bertz CT molecular complexity index is 751. The van der Waals surface area contributed by atoms with Crippen molar-refractivity contribution >= 4 is 29.0 Å². The molecule has 1 amide bonds. The average molecular weight is 348 g/mol. The molecule has 0 saturated heterocycles. The van der Waals surface area contributed by atoms with Gasteiger partial charge in [0, 0.05) is 18.1 Å². The third kappa shape index (κ3) is 3.74. The first kappa shape index (κ1) is 16.7. The van der Waals surface area contributed by atoms with E-state index in [4.69, 9.17) is 0 Å². The molecule has 10 heteroatoms. The zero-order valence-corrected chi connectivity index (χ0v) is 13.2. The second-order valence-corrected chi connectivity index (χ2v) is 6.27. The molecule has 2 aromatic heterocycles. The summed E-state index contributed by atoms with van der Waals surface area (Å²) in [6.07, 6.45) is -3.12. The van der Waals surface area contributed by atoms with Crippen LogP contribution in [0, 0.1) is 0 Å². The summed E-state index contributed by atoms with van der Waals surface area (Å²) in [5.74, 6) is 0.0444. The summed E-state index contributed by atoms with van der Waals surface area (Å²) in [6.45, 7) is 1.92. The molecule has 0 aliphatic carbocycles. The fraction of sp³-hybridized carbons (Fsp3) is 0.333. The quantitative estimate of drug-likeness (QED) is 0.801. The second-order valence-electron chi connectivity index (χ2n) is 4.01. The van der Waals surface area contributed by atoms with E-state index in [1.165, 1.54) is 25.0 Å². The molecule has 2 rings (SSSR count). The van der Waals surface area contributed by atoms with Gasteiger partial charge in [0.05, 0.1) is 0 Å². The summed E-state index contributed by atoms with van der Waals surface area (Å²) in [7, 11) is 1.30. The number of hydrogen-bond acceptors (Lipinski definition) is 5. The fourth-order valence-electron chi connectivity index (χ4n) is 1.52. The number of thioether (sulfide) groups is 1. The van der Waals surface area contributed by atoms with Crippen molar-refractivity contribution in [1.82, 2.24) is 14.8 Å². The number of carbonyl (C=O) groups excluding carboxylic acids is 1. The monoisotopic (exact) mass is 348 g/mol. The molecule has 5 nitrogen and oxygen atoms in total. The van der Waals surface area contributed by atoms with Gasteiger partial charge in [-0.15, -0.1) is 11.8 Å². The zero-order chi connectivity index (χ0) is 16.3. The Hall–Kier alpha value is -1.68. The van der Waals surface area contributed by atoms with E-state index in [2.05, 4.69) is 15.1 Å². The number of aryl methyl sites for hydroxylation is 1. The van der Waals surface area contributed by atoms with Crippen molar-refractivity contribution in [2.75, 3.05) is 5.75 Å². The molecular weight excluding hydrogens is 337 g/mol. The fourth-order valence-corrected chi connectivity index (χ4v) is 3.04. The number of halogens is 3. The van der Waals surface area contributed by atoms with Gasteiger partial charge in [-0.3, -0.25) is 4.79 Å². The van der Waals surface area contributed by atoms with Gasteiger partial charge >= 0.3 is 6.18 Å². The number of alkyl halides is 3. The molecule has 0 bridgehead atoms. The Balaban J connectivity index is 2.42. The number of rotatable bonds is 3. The van der Waals surface area contributed by atoms with Gasteiger partial charge in [-0.25, -0.2) is 9.67 Å². The standard InChI is InChI=1S/C12H11F3N4OS2/c1-3-21-7-5-4-6-16-8(7)9(20)17-11-19(2)18-10(22-11)12(13,14)15/h4-6H,3H2,1-2H3/b17-11-. The van der Waals surface area contributed by atoms with E-state index in [-0.39, 0.29) is 10.5 Å². The van der Waals surface area contributed by atoms with Crippen molar-refractivity contribution in [3.63, 3.8) is 0 Å². The van der Waals surface area contributed by atoms with Crippen LogP contribution >= 0.6 is 23.1 Å². The Labute approximate surface area is 131 Å². The predicted octanol–water partition coefficient (Wildman–Crippen LogP) is 2.75. The molecule has 0 saturated carbocycles. The van der Waals surface area contributed by atoms with E-state index in [1.54, 1.807) is 12.1 Å². The first-order valence-corrected chi connectivity index (χ1v) is 7.91. The first-order chi connectivity index (χ1) is 10.3. The predicted molar refractivity (Wildman–Crippen MR) is 76.6 cm³/mol. The summed E-state index contributed by atoms with van der Waals surface area (Å²) < 4.78 is 38.7. The molecule has 0 aromatic carbocycles. The van der Waals surface area contributed by atoms with E-state index >= 15 is 0 Å². The van der Waals surface area contributed by atoms with Gasteiger partial charge in [0.25, 0.3) is 5.91 Å². The maximum atomic E-state index is 12.6. The molecule has 0 spiro atoms. The minimum Gasteiger partial charge on any atom is -0.265 e. The largest absolute Gasteiger partial charge is 0.445 e. The van der Waals surface area contributed by atoms with Crippen LogP contribution in [0.15, 0.2) is 28.2 Å². The summed E-state index contributed by atoms with van der Waals surface area (Å²) in [5, 5.41) is 2.28. The van der Waals surface area contributed by atoms with Gasteiger partial charge in [0.15, 0.2) is 0 Å². The van der Waals surface area contributed by atoms with Crippen molar-refractivity contribution < 1.29 is 18.0 Å². The van der Waals surface area contributed by atoms with E-state index < -0.39 is 17.1 Å². The number of hydrogen-bond donors (Lipinski definition) is 0. The molecular formula is C12H11F3N4OS2. The lowest BCUT2D eigenvalue weighted by atomic mass is 10.3. The Morgan fingerprint density at radius 3 is 2.82 bits per heavy atom. The lowest BCUT2D eigenvalue weighted by Gasteiger charge is -2.02. The van der Waals surface area contributed by atoms with E-state index in [1.807, 2.05) is 6.92 Å². The van der Waals surface area contributed by atoms with Crippen LogP contribution in [-0.2, 0) is 13.2 Å². The van der Waals surface area contributed by atoms with Gasteiger partial charge in [0.1, 0.15) is 5.69 Å². The van der Waals surface area contributed by atoms with Gasteiger partial charge in [-0.05, 0) is 17.9 Å². The Morgan fingerprint density at radius 2 is 2.23 bits per heavy atom. The van der Waals surface area contributed by atoms with E-state index in [0.717, 1.165) is 10.4 Å². The minimum atomic E-state index is -4.56. The van der Waals surface area contributed by atoms with Crippen molar-refractivity contribution in [3.05, 3.63) is 33.8 Å². The third-order valence-electron chi connectivity index (χ3n) is 2.42. The van der Waals surface area contributed by atoms with Crippen molar-refractivity contribution in [1.29, 1.82) is 0 Å². The van der Waals surface area contributed by atoms with Gasteiger partial charge < -0.3 is 0 Å². The number of carbonyl (C=O) groups is 1. The van der Waals surface area contributed by atoms with Crippen LogP contribution in [0.25, 0.3) is 0 Å². The van der Waals surface area contributed by atoms with Gasteiger partial charge in [-0.2, -0.15) is 23.3 Å². The van der Waals surface area contributed by atoms with Crippen LogP contribution in [0.4, 0.5) is 13.2 Å². The molecule has 118 valence electrons. The maximum Gasteiger partial charge on any atom is 0.445 e. The molecule has 0 aliphatic heterocycles. The SMILES string of the molecule is CCSc1cccnc1C(=O)/N=c1\sc(C(F)(F)F)nn1C. The first-order valence-electron chi connectivity index (χ1n) is 6.11. The van der Waals surface area contributed by atoms with E-state index in [9.17, 15) is 18.0 Å². The molecule has 0 radical (unpaired) electrons. The lowest BCUT2D eigenvalue weighted by Crippen LogP contribution is -2.15. The normalized spacial score (nSPS) is 12.7. The maximum absolute atomic E-state index is 12.6. The molecule has 0 unspecified atom stereocenters. The Kier molecular flexibility index (Phi) is 5.01. The summed E-state index contributed by atoms with van der Waals surface area (Å²) in [4.78, 5) is 20.4. The number of aromatic nitrogens is 3. The van der Waals surface area contributed by atoms with Crippen LogP contribution in [0.1, 0.15) is 22.4 Å². The summed E-state index contributed by atoms with van der Waals surface area (Å²) in [5.41, 5.74) is 0.122. The number of nitrogens with zero attached hydrogens (tertiary/aromatic N) is 4.